The first-order valence-corrected chi connectivity index (χ1v) is 25.8. The number of halogens is 4. The lowest BCUT2D eigenvalue weighted by molar-refractivity contribution is -0.140. The zero-order chi connectivity index (χ0) is 56.4. The molecule has 21 heteroatoms. The maximum Gasteiger partial charge on any atom is 0.410 e. The number of carbonyl (C=O) groups is 4. The highest BCUT2D eigenvalue weighted by atomic mass is 35.5. The van der Waals surface area contributed by atoms with Gasteiger partial charge in [0.05, 0.1) is 36.3 Å². The minimum Gasteiger partial charge on any atom is -0.495 e. The second-order valence-electron chi connectivity index (χ2n) is 21.3. The van der Waals surface area contributed by atoms with Gasteiger partial charge >= 0.3 is 18.2 Å². The van der Waals surface area contributed by atoms with Gasteiger partial charge in [-0.15, -0.1) is 0 Å². The van der Waals surface area contributed by atoms with Crippen molar-refractivity contribution in [1.29, 1.82) is 0 Å². The number of aliphatic carboxylic acids is 1. The molecule has 4 aliphatic rings. The number of methoxy groups -OCH3 is 2. The van der Waals surface area contributed by atoms with E-state index in [1.165, 1.54) is 56.7 Å². The van der Waals surface area contributed by atoms with Crippen molar-refractivity contribution >= 4 is 70.8 Å². The third-order valence-corrected chi connectivity index (χ3v) is 13.2. The van der Waals surface area contributed by atoms with E-state index in [2.05, 4.69) is 15.1 Å². The summed E-state index contributed by atoms with van der Waals surface area (Å²) in [5, 5.41) is 12.8. The molecule has 4 fully saturated rings. The summed E-state index contributed by atoms with van der Waals surface area (Å²) in [6.07, 6.45) is 4.92. The molecule has 17 nitrogen and oxygen atoms in total. The van der Waals surface area contributed by atoms with E-state index in [0.29, 0.717) is 89.9 Å². The summed E-state index contributed by atoms with van der Waals surface area (Å²) in [5.41, 5.74) is 14.8. The predicted octanol–water partition coefficient (Wildman–Crippen LogP) is 8.66. The van der Waals surface area contributed by atoms with Gasteiger partial charge in [0.25, 0.3) is 0 Å². The number of rotatable bonds is 10. The van der Waals surface area contributed by atoms with Crippen LogP contribution >= 0.6 is 23.2 Å². The van der Waals surface area contributed by atoms with Gasteiger partial charge in [0, 0.05) is 112 Å². The van der Waals surface area contributed by atoms with Crippen LogP contribution in [0.2, 0.25) is 10.0 Å². The third kappa shape index (κ3) is 17.7. The molecular weight excluding hydrogens is 1040 g/mol. The molecule has 4 aromatic rings. The van der Waals surface area contributed by atoms with Crippen molar-refractivity contribution in [1.82, 2.24) is 29.8 Å². The Labute approximate surface area is 459 Å². The van der Waals surface area contributed by atoms with Crippen LogP contribution in [0.15, 0.2) is 84.9 Å². The number of amides is 3. The maximum atomic E-state index is 13.5. The fourth-order valence-electron chi connectivity index (χ4n) is 9.43. The fraction of sp³-hybridized carbons (Fsp3) is 0.429. The quantitative estimate of drug-likeness (QED) is 0.0867. The average Bonchev–Trinajstić information content (AvgIpc) is 3.33. The summed E-state index contributed by atoms with van der Waals surface area (Å²) in [4.78, 5) is 58.9. The van der Waals surface area contributed by atoms with E-state index < -0.39 is 17.2 Å². The Morgan fingerprint density at radius 2 is 1.01 bits per heavy atom. The Balaban J connectivity index is 0.000000209. The molecule has 0 saturated carbocycles. The standard InChI is InChI=1S/C28H34ClFN4O4.C18H26FN3O2.C10H10ClNO3/c1-28(2,3)38-27(36)33-16-21-14-32(13-18-5-8-20(30)9-6-18)15-22(17-33)34(21)26(35)10-7-19-11-25(37-4)23(29)12-24(19)31;1-18(2,3)24-17(23)22-11-15-9-21(10-16(12-22)20-15)8-13-4-6-14(19)7-5-13;1-15-9-4-6(2-3-10(13)14)8(12)5-7(9)11/h5-12,21-22H,13-17,31H2,1-4H3;4-7,15-16,20H,8-12H2,1-3H3;2-5H,12H2,1H3,(H,13,14)/b10-7+;;3-2+. The molecule has 3 amide bonds. The Bertz CT molecular complexity index is 2740. The molecule has 4 bridgehead atoms. The van der Waals surface area contributed by atoms with Crippen molar-refractivity contribution in [2.24, 2.45) is 0 Å². The molecule has 4 saturated heterocycles. The van der Waals surface area contributed by atoms with E-state index in [0.717, 1.165) is 36.8 Å². The van der Waals surface area contributed by atoms with Crippen molar-refractivity contribution in [3.63, 3.8) is 0 Å². The number of fused-ring (bicyclic) bond motifs is 4. The number of carboxylic acids is 1. The van der Waals surface area contributed by atoms with Crippen LogP contribution in [0.1, 0.15) is 63.8 Å². The minimum atomic E-state index is -1.04. The Kier molecular flexibility index (Phi) is 20.2. The minimum absolute atomic E-state index is 0.168. The van der Waals surface area contributed by atoms with Gasteiger partial charge in [0.15, 0.2) is 0 Å². The normalized spacial score (nSPS) is 19.7. The SMILES string of the molecule is CC(C)(C)OC(=O)N1CC2CN(Cc3ccc(F)cc3)CC(C1)N2.COc1cc(/C=C/C(=O)N2C3CN(Cc4ccc(F)cc4)CC2CN(C(=O)OC(C)(C)C)C3)c(N)cc1Cl.COc1cc(/C=C/C(=O)O)c(N)cc1Cl. The highest BCUT2D eigenvalue weighted by Gasteiger charge is 2.44. The molecule has 4 aliphatic heterocycles. The number of anilines is 2. The molecule has 6 N–H and O–H groups in total. The lowest BCUT2D eigenvalue weighted by Gasteiger charge is -2.52. The summed E-state index contributed by atoms with van der Waals surface area (Å²) < 4.78 is 47.7. The summed E-state index contributed by atoms with van der Waals surface area (Å²) in [7, 11) is 2.99. The average molecular weight is 1110 g/mol. The van der Waals surface area contributed by atoms with Crippen LogP contribution < -0.4 is 26.3 Å². The molecule has 4 unspecified atom stereocenters. The lowest BCUT2D eigenvalue weighted by Crippen LogP contribution is -2.70. The number of benzene rings is 4. The number of piperazine rings is 4. The van der Waals surface area contributed by atoms with Crippen molar-refractivity contribution in [3.8, 4) is 11.5 Å². The van der Waals surface area contributed by atoms with Gasteiger partial charge in [0.1, 0.15) is 34.3 Å². The zero-order valence-electron chi connectivity index (χ0n) is 44.7. The van der Waals surface area contributed by atoms with Gasteiger partial charge in [-0.05, 0) is 113 Å². The van der Waals surface area contributed by atoms with Crippen LogP contribution in [-0.4, -0.2) is 156 Å². The zero-order valence-corrected chi connectivity index (χ0v) is 46.2. The van der Waals surface area contributed by atoms with E-state index in [4.69, 9.17) is 58.7 Å². The second kappa shape index (κ2) is 26.1. The number of hydrogen-bond donors (Lipinski definition) is 4. The number of carboxylic acid groups (broad SMARTS) is 1. The third-order valence-electron chi connectivity index (χ3n) is 12.6. The lowest BCUT2D eigenvalue weighted by atomic mass is 9.99. The monoisotopic (exact) mass is 1110 g/mol. The summed E-state index contributed by atoms with van der Waals surface area (Å²) >= 11 is 12.0. The van der Waals surface area contributed by atoms with Crippen LogP contribution in [0.3, 0.4) is 0 Å². The van der Waals surface area contributed by atoms with E-state index in [1.807, 2.05) is 63.5 Å². The number of hydrogen-bond acceptors (Lipinski definition) is 13. The van der Waals surface area contributed by atoms with Gasteiger partial charge < -0.3 is 55.5 Å². The number of carbonyl (C=O) groups excluding carboxylic acids is 3. The van der Waals surface area contributed by atoms with Crippen LogP contribution in [-0.2, 0) is 32.2 Å². The van der Waals surface area contributed by atoms with Crippen molar-refractivity contribution < 1.29 is 52.0 Å². The molecule has 4 atom stereocenters. The first-order valence-electron chi connectivity index (χ1n) is 25.1. The molecule has 77 heavy (non-hydrogen) atoms. The van der Waals surface area contributed by atoms with Crippen molar-refractivity contribution in [2.75, 3.05) is 78.0 Å². The number of nitrogens with two attached hydrogens (primary N) is 2. The molecule has 8 rings (SSSR count). The largest absolute Gasteiger partial charge is 0.495 e. The molecule has 0 aromatic heterocycles. The molecule has 416 valence electrons. The number of nitrogens with one attached hydrogen (secondary N) is 1. The van der Waals surface area contributed by atoms with Crippen molar-refractivity contribution in [3.05, 3.63) is 129 Å². The Hall–Kier alpha value is -6.64. The predicted molar refractivity (Wildman–Crippen MR) is 295 cm³/mol. The highest BCUT2D eigenvalue weighted by Crippen LogP contribution is 2.32. The van der Waals surface area contributed by atoms with Gasteiger partial charge in [-0.25, -0.2) is 23.2 Å². The Morgan fingerprint density at radius 1 is 0.623 bits per heavy atom. The molecule has 4 heterocycles. The van der Waals surface area contributed by atoms with Crippen LogP contribution in [0, 0.1) is 11.6 Å². The summed E-state index contributed by atoms with van der Waals surface area (Å²) in [6.45, 7) is 17.5. The van der Waals surface area contributed by atoms with Gasteiger partial charge in [-0.3, -0.25) is 14.6 Å². The molecule has 0 spiro atoms. The van der Waals surface area contributed by atoms with Crippen molar-refractivity contribution in [2.45, 2.75) is 90.0 Å². The van der Waals surface area contributed by atoms with Gasteiger partial charge in [-0.2, -0.15) is 0 Å². The second-order valence-corrected chi connectivity index (χ2v) is 22.1. The number of ether oxygens (including phenoxy) is 4. The summed E-state index contributed by atoms with van der Waals surface area (Å²) in [6, 6.07) is 19.5. The smallest absolute Gasteiger partial charge is 0.410 e. The van der Waals surface area contributed by atoms with E-state index >= 15 is 0 Å². The summed E-state index contributed by atoms with van der Waals surface area (Å²) in [5.74, 6) is -0.770. The van der Waals surface area contributed by atoms with Crippen LogP contribution in [0.5, 0.6) is 11.5 Å². The fourth-order valence-corrected chi connectivity index (χ4v) is 9.93. The molecule has 0 aliphatic carbocycles. The van der Waals surface area contributed by atoms with Gasteiger partial charge in [0.2, 0.25) is 5.91 Å². The van der Waals surface area contributed by atoms with E-state index in [9.17, 15) is 28.0 Å². The topological polar surface area (TPSA) is 206 Å². The van der Waals surface area contributed by atoms with E-state index in [-0.39, 0.29) is 53.9 Å². The first-order chi connectivity index (χ1) is 36.3. The van der Waals surface area contributed by atoms with Gasteiger partial charge in [-0.1, -0.05) is 47.5 Å². The molecule has 4 aromatic carbocycles. The Morgan fingerprint density at radius 3 is 1.40 bits per heavy atom. The number of nitrogen functional groups attached to an aromatic ring is 2. The number of nitrogens with zero attached hydrogens (tertiary/aromatic N) is 5. The first kappa shape index (κ1) is 59.6. The molecule has 0 radical (unpaired) electrons. The van der Waals surface area contributed by atoms with E-state index in [1.54, 1.807) is 41.3 Å². The van der Waals surface area contributed by atoms with Crippen LogP contribution in [0.25, 0.3) is 12.2 Å². The highest BCUT2D eigenvalue weighted by molar-refractivity contribution is 6.32. The molecular formula is C56H70Cl2F2N8O9. The van der Waals surface area contributed by atoms with Crippen LogP contribution in [0.4, 0.5) is 29.7 Å². The maximum absolute atomic E-state index is 13.5.